The van der Waals surface area contributed by atoms with Gasteiger partial charge >= 0.3 is 6.03 Å². The summed E-state index contributed by atoms with van der Waals surface area (Å²) in [6.07, 6.45) is 4.22. The van der Waals surface area contributed by atoms with Crippen LogP contribution in [0.3, 0.4) is 0 Å². The number of imide groups is 1. The van der Waals surface area contributed by atoms with Crippen molar-refractivity contribution in [1.29, 1.82) is 0 Å². The van der Waals surface area contributed by atoms with Gasteiger partial charge in [0.1, 0.15) is 0 Å². The van der Waals surface area contributed by atoms with Gasteiger partial charge in [-0.2, -0.15) is 0 Å². The molecule has 0 spiro atoms. The molecule has 1 saturated heterocycles. The van der Waals surface area contributed by atoms with E-state index in [0.29, 0.717) is 5.92 Å². The van der Waals surface area contributed by atoms with Crippen LogP contribution in [0.1, 0.15) is 32.6 Å². The Kier molecular flexibility index (Phi) is 6.71. The van der Waals surface area contributed by atoms with Gasteiger partial charge in [-0.25, -0.2) is 4.79 Å². The third-order valence-electron chi connectivity index (χ3n) is 3.82. The molecule has 2 rings (SSSR count). The molecular weight excluding hydrogens is 280 g/mol. The van der Waals surface area contributed by atoms with Crippen LogP contribution in [0.25, 0.3) is 0 Å². The van der Waals surface area contributed by atoms with Gasteiger partial charge in [0.15, 0.2) is 0 Å². The summed E-state index contributed by atoms with van der Waals surface area (Å²) in [7, 11) is 0. The van der Waals surface area contributed by atoms with Gasteiger partial charge in [0.25, 0.3) is 0 Å². The van der Waals surface area contributed by atoms with Crippen molar-refractivity contribution < 1.29 is 9.59 Å². The SMILES string of the molecule is CC(N)C1CCCN(CC(=O)NC(=O)NC2CC2)C1.Cl. The van der Waals surface area contributed by atoms with E-state index in [0.717, 1.165) is 38.8 Å². The molecule has 2 unspecified atom stereocenters. The number of piperidine rings is 1. The van der Waals surface area contributed by atoms with Gasteiger partial charge in [-0.05, 0) is 45.1 Å². The first-order valence-corrected chi connectivity index (χ1v) is 7.13. The van der Waals surface area contributed by atoms with E-state index in [2.05, 4.69) is 15.5 Å². The topological polar surface area (TPSA) is 87.5 Å². The average molecular weight is 305 g/mol. The second-order valence-electron chi connectivity index (χ2n) is 5.79. The molecule has 1 aliphatic carbocycles. The van der Waals surface area contributed by atoms with Gasteiger partial charge in [0, 0.05) is 18.6 Å². The fraction of sp³-hybridized carbons (Fsp3) is 0.846. The van der Waals surface area contributed by atoms with Gasteiger partial charge in [0.2, 0.25) is 5.91 Å². The highest BCUT2D eigenvalue weighted by Gasteiger charge is 2.26. The molecule has 3 amide bonds. The van der Waals surface area contributed by atoms with Crippen LogP contribution in [-0.2, 0) is 4.79 Å². The predicted molar refractivity (Wildman–Crippen MR) is 79.8 cm³/mol. The molecule has 0 radical (unpaired) electrons. The van der Waals surface area contributed by atoms with Crippen LogP contribution >= 0.6 is 12.4 Å². The maximum absolute atomic E-state index is 11.8. The molecular formula is C13H25ClN4O2. The highest BCUT2D eigenvalue weighted by atomic mass is 35.5. The van der Waals surface area contributed by atoms with Crippen LogP contribution in [0.4, 0.5) is 4.79 Å². The molecule has 4 N–H and O–H groups in total. The van der Waals surface area contributed by atoms with Crippen molar-refractivity contribution in [2.75, 3.05) is 19.6 Å². The smallest absolute Gasteiger partial charge is 0.321 e. The maximum Gasteiger partial charge on any atom is 0.321 e. The number of nitrogens with two attached hydrogens (primary N) is 1. The quantitative estimate of drug-likeness (QED) is 0.704. The molecule has 2 aliphatic rings. The monoisotopic (exact) mass is 304 g/mol. The third-order valence-corrected chi connectivity index (χ3v) is 3.82. The van der Waals surface area contributed by atoms with Crippen molar-refractivity contribution in [1.82, 2.24) is 15.5 Å². The molecule has 20 heavy (non-hydrogen) atoms. The molecule has 1 heterocycles. The lowest BCUT2D eigenvalue weighted by atomic mass is 9.92. The predicted octanol–water partition coefficient (Wildman–Crippen LogP) is 0.456. The van der Waals surface area contributed by atoms with Crippen LogP contribution in [0.5, 0.6) is 0 Å². The minimum Gasteiger partial charge on any atom is -0.335 e. The Balaban J connectivity index is 0.00000200. The van der Waals surface area contributed by atoms with Gasteiger partial charge in [-0.3, -0.25) is 15.0 Å². The molecule has 1 saturated carbocycles. The lowest BCUT2D eigenvalue weighted by Gasteiger charge is -2.34. The lowest BCUT2D eigenvalue weighted by molar-refractivity contribution is -0.121. The van der Waals surface area contributed by atoms with E-state index in [9.17, 15) is 9.59 Å². The molecule has 0 aromatic carbocycles. The minimum atomic E-state index is -0.367. The van der Waals surface area contributed by atoms with E-state index < -0.39 is 0 Å². The van der Waals surface area contributed by atoms with Crippen LogP contribution in [-0.4, -0.2) is 48.6 Å². The fourth-order valence-electron chi connectivity index (χ4n) is 2.48. The van der Waals surface area contributed by atoms with Crippen molar-refractivity contribution in [2.24, 2.45) is 11.7 Å². The Labute approximate surface area is 126 Å². The summed E-state index contributed by atoms with van der Waals surface area (Å²) in [6.45, 7) is 4.04. The number of rotatable bonds is 4. The van der Waals surface area contributed by atoms with Crippen molar-refractivity contribution in [2.45, 2.75) is 44.7 Å². The fourth-order valence-corrected chi connectivity index (χ4v) is 2.48. The highest BCUT2D eigenvalue weighted by molar-refractivity contribution is 5.95. The van der Waals surface area contributed by atoms with Gasteiger partial charge < -0.3 is 11.1 Å². The zero-order valence-electron chi connectivity index (χ0n) is 11.9. The zero-order valence-corrected chi connectivity index (χ0v) is 12.7. The van der Waals surface area contributed by atoms with Crippen LogP contribution < -0.4 is 16.4 Å². The van der Waals surface area contributed by atoms with Crippen molar-refractivity contribution in [3.63, 3.8) is 0 Å². The highest BCUT2D eigenvalue weighted by Crippen LogP contribution is 2.19. The molecule has 7 heteroatoms. The Bertz CT molecular complexity index is 347. The van der Waals surface area contributed by atoms with Crippen molar-refractivity contribution >= 4 is 24.3 Å². The number of likely N-dealkylation sites (tertiary alicyclic amines) is 1. The number of nitrogens with one attached hydrogen (secondary N) is 2. The molecule has 6 nitrogen and oxygen atoms in total. The van der Waals surface area contributed by atoms with E-state index in [4.69, 9.17) is 5.73 Å². The molecule has 2 fully saturated rings. The summed E-state index contributed by atoms with van der Waals surface area (Å²) in [6, 6.07) is 0.0579. The summed E-state index contributed by atoms with van der Waals surface area (Å²) in [5.74, 6) is 0.213. The summed E-state index contributed by atoms with van der Waals surface area (Å²) < 4.78 is 0. The number of nitrogens with zero attached hydrogens (tertiary/aromatic N) is 1. The molecule has 0 bridgehead atoms. The number of hydrogen-bond acceptors (Lipinski definition) is 4. The molecule has 0 aromatic heterocycles. The second-order valence-corrected chi connectivity index (χ2v) is 5.79. The van der Waals surface area contributed by atoms with Crippen LogP contribution in [0.2, 0.25) is 0 Å². The Morgan fingerprint density at radius 3 is 2.65 bits per heavy atom. The van der Waals surface area contributed by atoms with Gasteiger partial charge in [-0.15, -0.1) is 12.4 Å². The van der Waals surface area contributed by atoms with Crippen LogP contribution in [0, 0.1) is 5.92 Å². The van der Waals surface area contributed by atoms with E-state index >= 15 is 0 Å². The Morgan fingerprint density at radius 2 is 2.05 bits per heavy atom. The number of hydrogen-bond donors (Lipinski definition) is 3. The normalized spacial score (nSPS) is 24.4. The Morgan fingerprint density at radius 1 is 1.35 bits per heavy atom. The Hall–Kier alpha value is -0.850. The molecule has 2 atom stereocenters. The summed E-state index contributed by atoms with van der Waals surface area (Å²) in [4.78, 5) is 25.3. The summed E-state index contributed by atoms with van der Waals surface area (Å²) in [5, 5.41) is 5.12. The maximum atomic E-state index is 11.8. The molecule has 1 aliphatic heterocycles. The zero-order chi connectivity index (χ0) is 13.8. The largest absolute Gasteiger partial charge is 0.335 e. The first-order chi connectivity index (χ1) is 9.04. The van der Waals surface area contributed by atoms with Crippen LogP contribution in [0.15, 0.2) is 0 Å². The van der Waals surface area contributed by atoms with Crippen molar-refractivity contribution in [3.05, 3.63) is 0 Å². The second kappa shape index (κ2) is 7.81. The summed E-state index contributed by atoms with van der Waals surface area (Å²) >= 11 is 0. The molecule has 0 aromatic rings. The number of urea groups is 1. The third kappa shape index (κ3) is 5.64. The van der Waals surface area contributed by atoms with Gasteiger partial charge in [-0.1, -0.05) is 0 Å². The minimum absolute atomic E-state index is 0. The number of halogens is 1. The van der Waals surface area contributed by atoms with Gasteiger partial charge in [0.05, 0.1) is 6.54 Å². The molecule has 116 valence electrons. The van der Waals surface area contributed by atoms with Crippen molar-refractivity contribution in [3.8, 4) is 0 Å². The lowest BCUT2D eigenvalue weighted by Crippen LogP contribution is -2.49. The first kappa shape index (κ1) is 17.2. The van der Waals surface area contributed by atoms with E-state index in [-0.39, 0.29) is 43.0 Å². The van der Waals surface area contributed by atoms with E-state index in [1.807, 2.05) is 6.92 Å². The average Bonchev–Trinajstić information content (AvgIpc) is 3.12. The standard InChI is InChI=1S/C13H24N4O2.ClH/c1-9(14)10-3-2-6-17(7-10)8-12(18)16-13(19)15-11-4-5-11;/h9-11H,2-8,14H2,1H3,(H2,15,16,18,19);1H. The van der Waals surface area contributed by atoms with E-state index in [1.54, 1.807) is 0 Å². The number of amides is 3. The summed E-state index contributed by atoms with van der Waals surface area (Å²) in [5.41, 5.74) is 5.91. The first-order valence-electron chi connectivity index (χ1n) is 7.13. The number of carbonyl (C=O) groups excluding carboxylic acids is 2. The van der Waals surface area contributed by atoms with E-state index in [1.165, 1.54) is 0 Å². The number of carbonyl (C=O) groups is 2.